The van der Waals surface area contributed by atoms with Gasteiger partial charge in [0.15, 0.2) is 0 Å². The summed E-state index contributed by atoms with van der Waals surface area (Å²) in [5.41, 5.74) is 3.91. The van der Waals surface area contributed by atoms with E-state index in [1.165, 1.54) is 38.0 Å². The predicted octanol–water partition coefficient (Wildman–Crippen LogP) is 4.16. The molecule has 0 bridgehead atoms. The van der Waals surface area contributed by atoms with Gasteiger partial charge in [-0.05, 0) is 60.9 Å². The quantitative estimate of drug-likeness (QED) is 0.414. The van der Waals surface area contributed by atoms with Crippen molar-refractivity contribution in [2.75, 3.05) is 48.6 Å². The maximum Gasteiger partial charge on any atom is 0.338 e. The molecule has 1 saturated carbocycles. The van der Waals surface area contributed by atoms with Crippen LogP contribution in [0.2, 0.25) is 0 Å². The van der Waals surface area contributed by atoms with Crippen molar-refractivity contribution in [2.24, 2.45) is 17.8 Å². The van der Waals surface area contributed by atoms with Crippen LogP contribution in [0, 0.1) is 17.8 Å². The molecule has 2 aliphatic heterocycles. The van der Waals surface area contributed by atoms with E-state index in [-0.39, 0.29) is 23.8 Å². The number of piperidine rings is 1. The molecule has 6 atom stereocenters. The van der Waals surface area contributed by atoms with Gasteiger partial charge in [0.1, 0.15) is 29.5 Å². The van der Waals surface area contributed by atoms with Gasteiger partial charge in [-0.2, -0.15) is 0 Å². The van der Waals surface area contributed by atoms with Gasteiger partial charge < -0.3 is 33.4 Å². The molecule has 1 aromatic heterocycles. The number of esters is 2. The van der Waals surface area contributed by atoms with Gasteiger partial charge in [-0.3, -0.25) is 9.69 Å². The summed E-state index contributed by atoms with van der Waals surface area (Å²) in [5.74, 6) is 0.474. The van der Waals surface area contributed by atoms with Crippen LogP contribution in [0.1, 0.15) is 40.5 Å². The third-order valence-electron chi connectivity index (χ3n) is 9.45. The highest BCUT2D eigenvalue weighted by Crippen LogP contribution is 2.50. The highest BCUT2D eigenvalue weighted by Gasteiger charge is 2.54. The lowest BCUT2D eigenvalue weighted by molar-refractivity contribution is -0.176. The molecule has 10 nitrogen and oxygen atoms in total. The maximum atomic E-state index is 13.4. The molecular weight excluding hydrogens is 540 g/mol. The molecule has 1 N–H and O–H groups in total. The normalized spacial score (nSPS) is 26.9. The summed E-state index contributed by atoms with van der Waals surface area (Å²) in [5, 5.41) is 1.22. The Kier molecular flexibility index (Phi) is 7.76. The highest BCUT2D eigenvalue weighted by molar-refractivity contribution is 5.90. The standard InChI is InChI=1S/C32H38N2O8/c1-37-19-6-7-22-23-8-9-34-16-18-12-27(42-31(35)17-10-20(38-2)13-21(11-17)39-3)30(40-4)28(32(36)41-5)24(18)15-26(34)29(23)33-25(22)14-19/h6-7,10-11,13-14,18,24,26-28,30,33H,8-9,12,15-16H2,1-5H3/t18-,24+,26-,27-,28+,30+/m1/s1. The summed E-state index contributed by atoms with van der Waals surface area (Å²) in [6.45, 7) is 1.71. The fraction of sp³-hybridized carbons (Fsp3) is 0.500. The number of aromatic amines is 1. The Bertz CT molecular complexity index is 1460. The van der Waals surface area contributed by atoms with Crippen LogP contribution in [-0.4, -0.2) is 82.7 Å². The number of fused-ring (bicyclic) bond motifs is 6. The van der Waals surface area contributed by atoms with E-state index in [1.54, 1.807) is 32.4 Å². The van der Waals surface area contributed by atoms with Crippen molar-refractivity contribution in [1.29, 1.82) is 0 Å². The number of carbonyl (C=O) groups excluding carboxylic acids is 2. The molecule has 6 rings (SSSR count). The lowest BCUT2D eigenvalue weighted by atomic mass is 9.63. The van der Waals surface area contributed by atoms with Crippen LogP contribution in [0.25, 0.3) is 10.9 Å². The van der Waals surface area contributed by atoms with Crippen molar-refractivity contribution in [3.05, 3.63) is 53.2 Å². The molecule has 1 saturated heterocycles. The first-order valence-electron chi connectivity index (χ1n) is 14.4. The lowest BCUT2D eigenvalue weighted by Gasteiger charge is -2.52. The zero-order chi connectivity index (χ0) is 29.5. The van der Waals surface area contributed by atoms with Gasteiger partial charge in [0.2, 0.25) is 0 Å². The maximum absolute atomic E-state index is 13.4. The zero-order valence-electron chi connectivity index (χ0n) is 24.7. The van der Waals surface area contributed by atoms with Crippen molar-refractivity contribution < 1.29 is 38.0 Å². The number of aromatic nitrogens is 1. The topological polar surface area (TPSA) is 109 Å². The van der Waals surface area contributed by atoms with Gasteiger partial charge in [-0.1, -0.05) is 0 Å². The van der Waals surface area contributed by atoms with Crippen molar-refractivity contribution in [3.63, 3.8) is 0 Å². The Labute approximate surface area is 245 Å². The van der Waals surface area contributed by atoms with Crippen molar-refractivity contribution in [3.8, 4) is 17.2 Å². The lowest BCUT2D eigenvalue weighted by Crippen LogP contribution is -2.58. The molecule has 0 unspecified atom stereocenters. The first-order valence-corrected chi connectivity index (χ1v) is 14.4. The Morgan fingerprint density at radius 1 is 0.905 bits per heavy atom. The van der Waals surface area contributed by atoms with Gasteiger partial charge in [-0.15, -0.1) is 0 Å². The van der Waals surface area contributed by atoms with Crippen molar-refractivity contribution in [1.82, 2.24) is 9.88 Å². The van der Waals surface area contributed by atoms with Gasteiger partial charge in [0.25, 0.3) is 0 Å². The van der Waals surface area contributed by atoms with Crippen molar-refractivity contribution >= 4 is 22.8 Å². The second-order valence-electron chi connectivity index (χ2n) is 11.4. The van der Waals surface area contributed by atoms with Crippen LogP contribution in [0.3, 0.4) is 0 Å². The molecule has 3 aromatic rings. The SMILES string of the molecule is COC(=O)[C@H]1[C@H]2C[C@@H]3c4[nH]c5cc(OC)ccc5c4CCN3C[C@H]2C[C@@H](OC(=O)c2cc(OC)cc(OC)c2)[C@@H]1OC. The van der Waals surface area contributed by atoms with E-state index in [1.807, 2.05) is 12.1 Å². The van der Waals surface area contributed by atoms with Gasteiger partial charge in [-0.25, -0.2) is 4.79 Å². The molecule has 1 aliphatic carbocycles. The van der Waals surface area contributed by atoms with Crippen LogP contribution >= 0.6 is 0 Å². The Balaban J connectivity index is 1.29. The minimum absolute atomic E-state index is 0.00223. The summed E-state index contributed by atoms with van der Waals surface area (Å²) in [7, 11) is 7.70. The van der Waals surface area contributed by atoms with Crippen LogP contribution in [0.5, 0.6) is 17.2 Å². The molecule has 3 heterocycles. The van der Waals surface area contributed by atoms with E-state index < -0.39 is 24.1 Å². The smallest absolute Gasteiger partial charge is 0.338 e. The summed E-state index contributed by atoms with van der Waals surface area (Å²) in [6, 6.07) is 11.2. The molecule has 3 aliphatic rings. The van der Waals surface area contributed by atoms with Crippen LogP contribution in [-0.2, 0) is 25.4 Å². The number of carbonyl (C=O) groups is 2. The Morgan fingerprint density at radius 3 is 2.31 bits per heavy atom. The highest BCUT2D eigenvalue weighted by atomic mass is 16.6. The molecule has 0 amide bonds. The molecule has 224 valence electrons. The second-order valence-corrected chi connectivity index (χ2v) is 11.4. The van der Waals surface area contributed by atoms with E-state index in [0.717, 1.165) is 37.2 Å². The number of methoxy groups -OCH3 is 5. The summed E-state index contributed by atoms with van der Waals surface area (Å²) < 4.78 is 33.5. The number of hydrogen-bond donors (Lipinski definition) is 1. The minimum Gasteiger partial charge on any atom is -0.497 e. The molecule has 2 aromatic carbocycles. The molecule has 0 spiro atoms. The van der Waals surface area contributed by atoms with Gasteiger partial charge in [0, 0.05) is 48.9 Å². The fourth-order valence-corrected chi connectivity index (χ4v) is 7.49. The average Bonchev–Trinajstić information content (AvgIpc) is 3.40. The monoisotopic (exact) mass is 578 g/mol. The van der Waals surface area contributed by atoms with Crippen LogP contribution in [0.4, 0.5) is 0 Å². The number of nitrogens with one attached hydrogen (secondary N) is 1. The third-order valence-corrected chi connectivity index (χ3v) is 9.45. The van der Waals surface area contributed by atoms with E-state index in [9.17, 15) is 9.59 Å². The number of rotatable bonds is 7. The number of ether oxygens (including phenoxy) is 6. The minimum atomic E-state index is -0.642. The number of H-pyrrole nitrogens is 1. The molecule has 10 heteroatoms. The number of hydrogen-bond acceptors (Lipinski definition) is 9. The fourth-order valence-electron chi connectivity index (χ4n) is 7.49. The van der Waals surface area contributed by atoms with E-state index in [4.69, 9.17) is 28.4 Å². The summed E-state index contributed by atoms with van der Waals surface area (Å²) >= 11 is 0. The Morgan fingerprint density at radius 2 is 1.64 bits per heavy atom. The zero-order valence-corrected chi connectivity index (χ0v) is 24.7. The Hall–Kier alpha value is -3.76. The average molecular weight is 579 g/mol. The van der Waals surface area contributed by atoms with E-state index >= 15 is 0 Å². The van der Waals surface area contributed by atoms with Crippen LogP contribution < -0.4 is 14.2 Å². The first-order chi connectivity index (χ1) is 20.4. The molecular formula is C32H38N2O8. The van der Waals surface area contributed by atoms with Gasteiger partial charge in [0.05, 0.1) is 46.0 Å². The number of benzene rings is 2. The number of nitrogens with zero attached hydrogens (tertiary/aromatic N) is 1. The first kappa shape index (κ1) is 28.4. The van der Waals surface area contributed by atoms with Gasteiger partial charge >= 0.3 is 11.9 Å². The van der Waals surface area contributed by atoms with E-state index in [0.29, 0.717) is 23.5 Å². The van der Waals surface area contributed by atoms with Crippen molar-refractivity contribution in [2.45, 2.75) is 37.5 Å². The van der Waals surface area contributed by atoms with Crippen LogP contribution in [0.15, 0.2) is 36.4 Å². The second kappa shape index (κ2) is 11.5. The molecule has 2 fully saturated rings. The summed E-state index contributed by atoms with van der Waals surface area (Å²) in [4.78, 5) is 32.9. The predicted molar refractivity (Wildman–Crippen MR) is 154 cm³/mol. The summed E-state index contributed by atoms with van der Waals surface area (Å²) in [6.07, 6.45) is 1.03. The molecule has 0 radical (unpaired) electrons. The largest absolute Gasteiger partial charge is 0.497 e. The molecule has 42 heavy (non-hydrogen) atoms. The van der Waals surface area contributed by atoms with E-state index in [2.05, 4.69) is 16.0 Å². The third kappa shape index (κ3) is 4.86.